The van der Waals surface area contributed by atoms with Gasteiger partial charge in [0, 0.05) is 25.3 Å². The van der Waals surface area contributed by atoms with E-state index in [0.717, 1.165) is 4.90 Å². The summed E-state index contributed by atoms with van der Waals surface area (Å²) in [6, 6.07) is 8.04. The molecule has 0 radical (unpaired) electrons. The number of hydrogen-bond acceptors (Lipinski definition) is 3. The summed E-state index contributed by atoms with van der Waals surface area (Å²) < 4.78 is 47.2. The molecule has 21 heavy (non-hydrogen) atoms. The number of hydrogen-bond donors (Lipinski definition) is 0. The zero-order valence-corrected chi connectivity index (χ0v) is 12.2. The van der Waals surface area contributed by atoms with E-state index in [1.54, 1.807) is 20.8 Å². The minimum absolute atomic E-state index is 0.308. The lowest BCUT2D eigenvalue weighted by Gasteiger charge is -2.26. The second kappa shape index (κ2) is 4.49. The highest BCUT2D eigenvalue weighted by atomic mass is 16.6. The molecule has 0 aromatic heterocycles. The van der Waals surface area contributed by atoms with E-state index in [1.807, 2.05) is 6.07 Å². The first kappa shape index (κ1) is 9.09. The molecule has 1 heterocycles. The number of likely N-dealkylation sites (tertiary alicyclic amines) is 1. The van der Waals surface area contributed by atoms with Crippen LogP contribution in [-0.2, 0) is 10.2 Å². The number of nitrogens with zero attached hydrogens (tertiary/aromatic N) is 2. The van der Waals surface area contributed by atoms with Crippen molar-refractivity contribution in [3.05, 3.63) is 35.4 Å². The van der Waals surface area contributed by atoms with Gasteiger partial charge in [0.25, 0.3) is 0 Å². The van der Waals surface area contributed by atoms with Crippen molar-refractivity contribution in [2.24, 2.45) is 5.89 Å². The molecule has 4 heteroatoms. The van der Waals surface area contributed by atoms with Gasteiger partial charge in [-0.25, -0.2) is 4.79 Å². The zero-order chi connectivity index (χ0) is 19.8. The number of amides is 1. The number of carbonyl (C=O) groups is 1. The number of benzene rings is 1. The Morgan fingerprint density at radius 2 is 2.19 bits per heavy atom. The smallest absolute Gasteiger partial charge is 0.410 e. The average molecular weight is 289 g/mol. The van der Waals surface area contributed by atoms with Crippen molar-refractivity contribution in [3.63, 3.8) is 0 Å². The molecule has 4 nitrogen and oxygen atoms in total. The van der Waals surface area contributed by atoms with Gasteiger partial charge in [0.2, 0.25) is 0 Å². The van der Waals surface area contributed by atoms with E-state index in [2.05, 4.69) is 0 Å². The molecule has 2 aliphatic rings. The Labute approximate surface area is 132 Å². The first-order valence-corrected chi connectivity index (χ1v) is 6.77. The highest BCUT2D eigenvalue weighted by Crippen LogP contribution is 2.59. The molecule has 1 aliphatic heterocycles. The maximum atomic E-state index is 12.5. The fraction of sp³-hybridized carbons (Fsp3) is 0.529. The normalized spacial score (nSPS) is 38.8. The van der Waals surface area contributed by atoms with Crippen molar-refractivity contribution in [1.82, 2.24) is 4.90 Å². The van der Waals surface area contributed by atoms with Crippen LogP contribution in [0.2, 0.25) is 0 Å². The van der Waals surface area contributed by atoms with Gasteiger partial charge >= 0.3 is 6.09 Å². The second-order valence-electron chi connectivity index (χ2n) is 6.27. The number of nitriles is 1. The lowest BCUT2D eigenvalue weighted by molar-refractivity contribution is 0.0270. The Kier molecular flexibility index (Phi) is 1.94. The van der Waals surface area contributed by atoms with Gasteiger partial charge in [-0.2, -0.15) is 5.26 Å². The summed E-state index contributed by atoms with van der Waals surface area (Å²) in [6.07, 6.45) is -3.08. The third kappa shape index (κ3) is 2.49. The van der Waals surface area contributed by atoms with Crippen molar-refractivity contribution in [2.75, 3.05) is 13.0 Å². The minimum atomic E-state index is -2.55. The van der Waals surface area contributed by atoms with Crippen molar-refractivity contribution in [3.8, 4) is 6.07 Å². The number of piperidine rings is 1. The fourth-order valence-corrected chi connectivity index (χ4v) is 2.40. The molecule has 2 atom stereocenters. The van der Waals surface area contributed by atoms with Gasteiger partial charge in [-0.3, -0.25) is 0 Å². The van der Waals surface area contributed by atoms with Gasteiger partial charge in [-0.15, -0.1) is 0 Å². The average Bonchev–Trinajstić information content (AvgIpc) is 2.80. The van der Waals surface area contributed by atoms with E-state index >= 15 is 0 Å². The summed E-state index contributed by atoms with van der Waals surface area (Å²) in [6.45, 7) is 2.11. The van der Waals surface area contributed by atoms with Gasteiger partial charge in [-0.1, -0.05) is 12.1 Å². The maximum absolute atomic E-state index is 12.5. The quantitative estimate of drug-likeness (QED) is 0.798. The lowest BCUT2D eigenvalue weighted by Crippen LogP contribution is -2.37. The topological polar surface area (TPSA) is 53.3 Å². The van der Waals surface area contributed by atoms with Gasteiger partial charge in [0.1, 0.15) is 5.60 Å². The van der Waals surface area contributed by atoms with Crippen LogP contribution in [0.5, 0.6) is 0 Å². The second-order valence-corrected chi connectivity index (χ2v) is 6.27. The highest BCUT2D eigenvalue weighted by molar-refractivity contribution is 5.69. The van der Waals surface area contributed by atoms with Crippen LogP contribution in [0.25, 0.3) is 0 Å². The molecule has 3 rings (SSSR count). The van der Waals surface area contributed by atoms with E-state index in [9.17, 15) is 4.79 Å². The highest BCUT2D eigenvalue weighted by Gasteiger charge is 2.62. The minimum Gasteiger partial charge on any atom is -0.444 e. The molecule has 1 aromatic carbocycles. The van der Waals surface area contributed by atoms with Crippen molar-refractivity contribution >= 4 is 6.09 Å². The van der Waals surface area contributed by atoms with E-state index in [1.165, 1.54) is 24.3 Å². The monoisotopic (exact) mass is 289 g/mol. The maximum Gasteiger partial charge on any atom is 0.410 e. The molecule has 1 saturated carbocycles. The van der Waals surface area contributed by atoms with Crippen LogP contribution in [-0.4, -0.2) is 29.6 Å². The van der Waals surface area contributed by atoms with Gasteiger partial charge < -0.3 is 9.64 Å². The molecule has 1 amide bonds. The largest absolute Gasteiger partial charge is 0.444 e. The zero-order valence-electron chi connectivity index (χ0n) is 17.2. The summed E-state index contributed by atoms with van der Waals surface area (Å²) in [7, 11) is 0. The van der Waals surface area contributed by atoms with Crippen LogP contribution in [0.4, 0.5) is 4.79 Å². The molecule has 1 aromatic rings. The number of fused-ring (bicyclic) bond motifs is 1. The Hall–Kier alpha value is -2.02. The number of carbonyl (C=O) groups excluding carboxylic acids is 1. The first-order valence-electron chi connectivity index (χ1n) is 9.27. The SMILES string of the molecule is [2H]C1([2H])N(C(=O)OC(C)(C)C)C[C@@]2(c3ccc(C#N)cc3)C([2H])([2H])[C@@]12[2H]. The van der Waals surface area contributed by atoms with Gasteiger partial charge in [0.05, 0.1) is 11.6 Å². The molecular formula is C17H20N2O2. The third-order valence-corrected chi connectivity index (χ3v) is 3.47. The van der Waals surface area contributed by atoms with Crippen LogP contribution in [0.1, 0.15) is 45.1 Å². The van der Waals surface area contributed by atoms with Crippen LogP contribution >= 0.6 is 0 Å². The number of rotatable bonds is 1. The van der Waals surface area contributed by atoms with Gasteiger partial charge in [-0.05, 0) is 50.7 Å². The molecule has 0 unspecified atom stereocenters. The molecular weight excluding hydrogens is 264 g/mol. The standard InChI is InChI=1S/C17H20N2O2/c1-16(2,3)21-15(20)19-10-14-8-17(14,11-19)13-6-4-12(9-18)5-7-13/h4-7,14H,8,10-11H2,1-3H3/t14-,17+/m0/s1/i8D2,10D2,14D. The third-order valence-electron chi connectivity index (χ3n) is 3.47. The first-order chi connectivity index (χ1) is 11.8. The Morgan fingerprint density at radius 1 is 1.52 bits per heavy atom. The summed E-state index contributed by atoms with van der Waals surface area (Å²) >= 11 is 0. The van der Waals surface area contributed by atoms with E-state index in [4.69, 9.17) is 16.9 Å². The molecule has 2 fully saturated rings. The molecule has 0 bridgehead atoms. The predicted molar refractivity (Wildman–Crippen MR) is 78.7 cm³/mol. The molecule has 1 saturated heterocycles. The summed E-state index contributed by atoms with van der Waals surface area (Å²) in [5, 5.41) is 8.94. The summed E-state index contributed by atoms with van der Waals surface area (Å²) in [4.78, 5) is 13.3. The van der Waals surface area contributed by atoms with Crippen LogP contribution in [0.3, 0.4) is 0 Å². The molecule has 1 aliphatic carbocycles. The van der Waals surface area contributed by atoms with Crippen LogP contribution < -0.4 is 0 Å². The molecule has 0 spiro atoms. The Morgan fingerprint density at radius 3 is 2.76 bits per heavy atom. The Bertz CT molecular complexity index is 812. The van der Waals surface area contributed by atoms with Crippen LogP contribution in [0.15, 0.2) is 24.3 Å². The molecule has 110 valence electrons. The van der Waals surface area contributed by atoms with E-state index < -0.39 is 35.9 Å². The van der Waals surface area contributed by atoms with Crippen LogP contribution in [0, 0.1) is 17.2 Å². The molecule has 0 N–H and O–H groups in total. The Balaban J connectivity index is 2.06. The lowest BCUT2D eigenvalue weighted by atomic mass is 9.94. The number of ether oxygens (including phenoxy) is 1. The summed E-state index contributed by atoms with van der Waals surface area (Å²) in [5.74, 6) is -2.17. The van der Waals surface area contributed by atoms with Crippen molar-refractivity contribution in [1.29, 1.82) is 5.26 Å². The predicted octanol–water partition coefficient (Wildman–Crippen LogP) is 3.07. The van der Waals surface area contributed by atoms with Gasteiger partial charge in [0.15, 0.2) is 0 Å². The summed E-state index contributed by atoms with van der Waals surface area (Å²) in [5.41, 5.74) is -1.58. The van der Waals surface area contributed by atoms with Crippen molar-refractivity contribution < 1.29 is 16.4 Å². The fourth-order valence-electron chi connectivity index (χ4n) is 2.40. The van der Waals surface area contributed by atoms with Crippen molar-refractivity contribution in [2.45, 2.75) is 38.2 Å². The van der Waals surface area contributed by atoms with E-state index in [-0.39, 0.29) is 6.54 Å². The van der Waals surface area contributed by atoms with E-state index in [0.29, 0.717) is 11.1 Å².